The molecule has 2 aromatic carbocycles. The minimum Gasteiger partial charge on any atom is -0.372 e. The average molecular weight is 387 g/mol. The summed E-state index contributed by atoms with van der Waals surface area (Å²) in [6, 6.07) is 19.7. The Hall–Kier alpha value is -3.41. The molecule has 1 aliphatic rings. The van der Waals surface area contributed by atoms with Crippen LogP contribution in [0.3, 0.4) is 0 Å². The zero-order valence-corrected chi connectivity index (χ0v) is 16.6. The van der Waals surface area contributed by atoms with Gasteiger partial charge in [-0.3, -0.25) is 4.79 Å². The third-order valence-electron chi connectivity index (χ3n) is 4.98. The van der Waals surface area contributed by atoms with Gasteiger partial charge in [-0.2, -0.15) is 0 Å². The summed E-state index contributed by atoms with van der Waals surface area (Å²) in [6.07, 6.45) is 2.48. The highest BCUT2D eigenvalue weighted by Gasteiger charge is 2.14. The number of hydrogen-bond acceptors (Lipinski definition) is 5. The van der Waals surface area contributed by atoms with Gasteiger partial charge < -0.3 is 15.5 Å². The largest absolute Gasteiger partial charge is 0.372 e. The van der Waals surface area contributed by atoms with Gasteiger partial charge in [0, 0.05) is 36.7 Å². The van der Waals surface area contributed by atoms with Crippen molar-refractivity contribution in [2.45, 2.75) is 26.3 Å². The topological polar surface area (TPSA) is 70.2 Å². The van der Waals surface area contributed by atoms with Crippen LogP contribution in [-0.2, 0) is 6.54 Å². The number of nitrogens with one attached hydrogen (secondary N) is 2. The molecule has 148 valence electrons. The van der Waals surface area contributed by atoms with Crippen molar-refractivity contribution in [2.24, 2.45) is 0 Å². The summed E-state index contributed by atoms with van der Waals surface area (Å²) in [5.41, 5.74) is 4.17. The van der Waals surface area contributed by atoms with E-state index < -0.39 is 0 Å². The van der Waals surface area contributed by atoms with Crippen molar-refractivity contribution >= 4 is 23.2 Å². The first-order valence-corrected chi connectivity index (χ1v) is 9.97. The van der Waals surface area contributed by atoms with E-state index in [-0.39, 0.29) is 5.91 Å². The van der Waals surface area contributed by atoms with Gasteiger partial charge in [0.25, 0.3) is 5.91 Å². The normalized spacial score (nSPS) is 13.3. The van der Waals surface area contributed by atoms with Gasteiger partial charge in [0.15, 0.2) is 0 Å². The standard InChI is InChI=1S/C23H25N5O/c1-17-15-21(27-23(25-17)24-16-18-7-3-2-4-8-18)22(29)26-19-9-11-20(12-10-19)28-13-5-6-14-28/h2-4,7-12,15H,5-6,13-14,16H2,1H3,(H,26,29)(H,24,25,27). The van der Waals surface area contributed by atoms with Gasteiger partial charge in [-0.25, -0.2) is 9.97 Å². The highest BCUT2D eigenvalue weighted by molar-refractivity contribution is 6.03. The molecule has 0 radical (unpaired) electrons. The maximum Gasteiger partial charge on any atom is 0.274 e. The number of carbonyl (C=O) groups is 1. The van der Waals surface area contributed by atoms with Crippen LogP contribution in [0.5, 0.6) is 0 Å². The Morgan fingerprint density at radius 1 is 1.00 bits per heavy atom. The van der Waals surface area contributed by atoms with E-state index in [9.17, 15) is 4.79 Å². The second kappa shape index (κ2) is 8.73. The maximum atomic E-state index is 12.7. The number of carbonyl (C=O) groups excluding carboxylic acids is 1. The number of aryl methyl sites for hydroxylation is 1. The highest BCUT2D eigenvalue weighted by Crippen LogP contribution is 2.22. The van der Waals surface area contributed by atoms with Crippen LogP contribution in [-0.4, -0.2) is 29.0 Å². The van der Waals surface area contributed by atoms with Crippen LogP contribution in [0, 0.1) is 6.92 Å². The van der Waals surface area contributed by atoms with Gasteiger partial charge >= 0.3 is 0 Å². The van der Waals surface area contributed by atoms with Crippen molar-refractivity contribution in [1.29, 1.82) is 0 Å². The van der Waals surface area contributed by atoms with E-state index in [0.29, 0.717) is 18.2 Å². The summed E-state index contributed by atoms with van der Waals surface area (Å²) in [7, 11) is 0. The Kier molecular flexibility index (Phi) is 5.70. The Morgan fingerprint density at radius 2 is 1.72 bits per heavy atom. The zero-order chi connectivity index (χ0) is 20.1. The summed E-state index contributed by atoms with van der Waals surface area (Å²) < 4.78 is 0. The second-order valence-electron chi connectivity index (χ2n) is 7.25. The van der Waals surface area contributed by atoms with Crippen molar-refractivity contribution in [1.82, 2.24) is 9.97 Å². The van der Waals surface area contributed by atoms with E-state index in [1.807, 2.05) is 49.4 Å². The Morgan fingerprint density at radius 3 is 2.45 bits per heavy atom. The maximum absolute atomic E-state index is 12.7. The molecular formula is C23H25N5O. The average Bonchev–Trinajstić information content (AvgIpc) is 3.28. The Labute approximate surface area is 171 Å². The van der Waals surface area contributed by atoms with E-state index in [0.717, 1.165) is 30.0 Å². The molecule has 4 rings (SSSR count). The molecule has 2 heterocycles. The number of amides is 1. The number of aromatic nitrogens is 2. The summed E-state index contributed by atoms with van der Waals surface area (Å²) >= 11 is 0. The summed E-state index contributed by atoms with van der Waals surface area (Å²) in [4.78, 5) is 23.8. The summed E-state index contributed by atoms with van der Waals surface area (Å²) in [5, 5.41) is 6.12. The minimum absolute atomic E-state index is 0.243. The lowest BCUT2D eigenvalue weighted by Gasteiger charge is -2.17. The van der Waals surface area contributed by atoms with Crippen LogP contribution in [0.4, 0.5) is 17.3 Å². The molecule has 6 heteroatoms. The SMILES string of the molecule is Cc1cc(C(=O)Nc2ccc(N3CCCC3)cc2)nc(NCc2ccccc2)n1. The predicted molar refractivity (Wildman–Crippen MR) is 116 cm³/mol. The fourth-order valence-corrected chi connectivity index (χ4v) is 3.47. The highest BCUT2D eigenvalue weighted by atomic mass is 16.1. The van der Waals surface area contributed by atoms with Crippen molar-refractivity contribution in [3.8, 4) is 0 Å². The van der Waals surface area contributed by atoms with Crippen LogP contribution >= 0.6 is 0 Å². The fourth-order valence-electron chi connectivity index (χ4n) is 3.47. The molecule has 0 bridgehead atoms. The monoisotopic (exact) mass is 387 g/mol. The first-order valence-electron chi connectivity index (χ1n) is 9.97. The van der Waals surface area contributed by atoms with Crippen LogP contribution < -0.4 is 15.5 Å². The summed E-state index contributed by atoms with van der Waals surface area (Å²) in [6.45, 7) is 4.66. The van der Waals surface area contributed by atoms with E-state index >= 15 is 0 Å². The van der Waals surface area contributed by atoms with Crippen molar-refractivity contribution in [2.75, 3.05) is 28.6 Å². The molecule has 1 saturated heterocycles. The van der Waals surface area contributed by atoms with Crippen molar-refractivity contribution in [3.63, 3.8) is 0 Å². The third-order valence-corrected chi connectivity index (χ3v) is 4.98. The van der Waals surface area contributed by atoms with Gasteiger partial charge in [0.1, 0.15) is 5.69 Å². The lowest BCUT2D eigenvalue weighted by Crippen LogP contribution is -2.18. The van der Waals surface area contributed by atoms with Crippen LogP contribution in [0.25, 0.3) is 0 Å². The van der Waals surface area contributed by atoms with Crippen LogP contribution in [0.2, 0.25) is 0 Å². The number of rotatable bonds is 6. The van der Waals surface area contributed by atoms with Crippen molar-refractivity contribution in [3.05, 3.63) is 77.6 Å². The van der Waals surface area contributed by atoms with E-state index in [1.165, 1.54) is 18.5 Å². The van der Waals surface area contributed by atoms with Gasteiger partial charge in [0.2, 0.25) is 5.95 Å². The molecule has 6 nitrogen and oxygen atoms in total. The lowest BCUT2D eigenvalue weighted by atomic mass is 10.2. The van der Waals surface area contributed by atoms with Crippen LogP contribution in [0.15, 0.2) is 60.7 Å². The molecule has 0 unspecified atom stereocenters. The molecule has 1 aromatic heterocycles. The molecule has 0 aliphatic carbocycles. The van der Waals surface area contributed by atoms with E-state index in [4.69, 9.17) is 0 Å². The molecule has 0 atom stereocenters. The predicted octanol–water partition coefficient (Wildman–Crippen LogP) is 4.25. The fraction of sp³-hybridized carbons (Fsp3) is 0.261. The molecule has 29 heavy (non-hydrogen) atoms. The van der Waals surface area contributed by atoms with E-state index in [1.54, 1.807) is 6.07 Å². The van der Waals surface area contributed by atoms with Gasteiger partial charge in [-0.15, -0.1) is 0 Å². The molecule has 3 aromatic rings. The number of hydrogen-bond donors (Lipinski definition) is 2. The number of anilines is 3. The molecule has 1 aliphatic heterocycles. The van der Waals surface area contributed by atoms with Gasteiger partial charge in [-0.1, -0.05) is 30.3 Å². The lowest BCUT2D eigenvalue weighted by molar-refractivity contribution is 0.102. The Balaban J connectivity index is 1.42. The van der Waals surface area contributed by atoms with Crippen molar-refractivity contribution < 1.29 is 4.79 Å². The summed E-state index contributed by atoms with van der Waals surface area (Å²) in [5.74, 6) is 0.204. The smallest absolute Gasteiger partial charge is 0.274 e. The zero-order valence-electron chi connectivity index (χ0n) is 16.6. The van der Waals surface area contributed by atoms with Gasteiger partial charge in [-0.05, 0) is 55.7 Å². The minimum atomic E-state index is -0.243. The Bertz CT molecular complexity index is 966. The van der Waals surface area contributed by atoms with E-state index in [2.05, 4.69) is 37.6 Å². The molecular weight excluding hydrogens is 362 g/mol. The molecule has 2 N–H and O–H groups in total. The van der Waals surface area contributed by atoms with Crippen LogP contribution in [0.1, 0.15) is 34.6 Å². The van der Waals surface area contributed by atoms with Gasteiger partial charge in [0.05, 0.1) is 0 Å². The molecule has 0 saturated carbocycles. The molecule has 1 fully saturated rings. The third kappa shape index (κ3) is 4.90. The second-order valence-corrected chi connectivity index (χ2v) is 7.25. The first-order chi connectivity index (χ1) is 14.2. The molecule has 1 amide bonds. The molecule has 0 spiro atoms. The first kappa shape index (κ1) is 18.9. The number of nitrogens with zero attached hydrogens (tertiary/aromatic N) is 3. The quantitative estimate of drug-likeness (QED) is 0.662. The number of benzene rings is 2.